The molecule has 1 aliphatic heterocycles. The monoisotopic (exact) mass is 425 g/mol. The number of amides is 1. The van der Waals surface area contributed by atoms with Crippen LogP contribution in [0, 0.1) is 5.82 Å². The Labute approximate surface area is 166 Å². The first kappa shape index (κ1) is 19.9. The van der Waals surface area contributed by atoms with E-state index in [1.54, 1.807) is 11.5 Å². The number of nitrogens with one attached hydrogen (secondary N) is 2. The minimum atomic E-state index is -4.59. The first-order valence-electron chi connectivity index (χ1n) is 8.82. The number of aliphatic hydroxyl groups excluding tert-OH is 1. The van der Waals surface area contributed by atoms with Gasteiger partial charge in [0.1, 0.15) is 24.6 Å². The van der Waals surface area contributed by atoms with Gasteiger partial charge in [0.15, 0.2) is 17.5 Å². The average molecular weight is 425 g/mol. The zero-order valence-corrected chi connectivity index (χ0v) is 15.2. The Morgan fingerprint density at radius 2 is 2.13 bits per heavy atom. The number of aliphatic hydroxyl groups is 1. The fourth-order valence-electron chi connectivity index (χ4n) is 3.34. The molecule has 2 atom stereocenters. The fraction of sp³-hybridized carbons (Fsp3) is 0.353. The third kappa shape index (κ3) is 3.87. The lowest BCUT2D eigenvalue weighted by atomic mass is 10.2. The molecule has 0 aromatic carbocycles. The number of H-pyrrole nitrogens is 1. The number of alkyl halides is 3. The third-order valence-electron chi connectivity index (χ3n) is 4.64. The van der Waals surface area contributed by atoms with Gasteiger partial charge in [0.05, 0.1) is 12.3 Å². The van der Waals surface area contributed by atoms with Crippen LogP contribution in [0.25, 0.3) is 22.4 Å². The Morgan fingerprint density at radius 1 is 1.33 bits per heavy atom. The zero-order valence-electron chi connectivity index (χ0n) is 15.2. The van der Waals surface area contributed by atoms with Gasteiger partial charge in [-0.25, -0.2) is 24.3 Å². The normalized spacial score (nSPS) is 19.4. The quantitative estimate of drug-likeness (QED) is 0.537. The summed E-state index contributed by atoms with van der Waals surface area (Å²) < 4.78 is 51.8. The summed E-state index contributed by atoms with van der Waals surface area (Å²) in [6, 6.07) is -1.22. The smallest absolute Gasteiger partial charge is 0.391 e. The van der Waals surface area contributed by atoms with Crippen LogP contribution in [0.4, 0.5) is 23.4 Å². The van der Waals surface area contributed by atoms with Crippen molar-refractivity contribution in [1.82, 2.24) is 30.2 Å². The highest BCUT2D eigenvalue weighted by atomic mass is 19.4. The first-order chi connectivity index (χ1) is 14.2. The molecule has 4 heterocycles. The molecular formula is C17H15F4N7O2. The van der Waals surface area contributed by atoms with E-state index in [1.807, 2.05) is 0 Å². The highest BCUT2D eigenvalue weighted by molar-refractivity contribution is 5.91. The van der Waals surface area contributed by atoms with E-state index in [1.165, 1.54) is 12.5 Å². The average Bonchev–Trinajstić information content (AvgIpc) is 3.30. The number of nitrogens with zero attached hydrogens (tertiary/aromatic N) is 5. The van der Waals surface area contributed by atoms with Crippen molar-refractivity contribution >= 4 is 22.8 Å². The summed E-state index contributed by atoms with van der Waals surface area (Å²) >= 11 is 0. The molecule has 1 saturated heterocycles. The summed E-state index contributed by atoms with van der Waals surface area (Å²) in [5, 5.41) is 12.3. The Kier molecular flexibility index (Phi) is 4.97. The number of halogens is 4. The van der Waals surface area contributed by atoms with Crippen molar-refractivity contribution in [3.8, 4) is 11.4 Å². The molecule has 0 unspecified atom stereocenters. The SMILES string of the molecule is O=C(NCC(F)(F)F)[C@H]1C[C@H](O)CN1c1nc(-c2c[nH]c3ncncc23)ncc1F. The molecule has 13 heteroatoms. The lowest BCUT2D eigenvalue weighted by Crippen LogP contribution is -2.46. The van der Waals surface area contributed by atoms with Gasteiger partial charge in [-0.3, -0.25) is 4.79 Å². The van der Waals surface area contributed by atoms with Gasteiger partial charge in [-0.05, 0) is 0 Å². The van der Waals surface area contributed by atoms with Gasteiger partial charge in [-0.1, -0.05) is 0 Å². The van der Waals surface area contributed by atoms with Crippen LogP contribution < -0.4 is 10.2 Å². The molecular weight excluding hydrogens is 410 g/mol. The summed E-state index contributed by atoms with van der Waals surface area (Å²) in [5.74, 6) is -2.06. The minimum absolute atomic E-state index is 0.100. The molecule has 0 saturated carbocycles. The fourth-order valence-corrected chi connectivity index (χ4v) is 3.34. The van der Waals surface area contributed by atoms with E-state index >= 15 is 0 Å². The number of hydrogen-bond acceptors (Lipinski definition) is 7. The van der Waals surface area contributed by atoms with Gasteiger partial charge in [0, 0.05) is 36.3 Å². The Hall–Kier alpha value is -3.35. The summed E-state index contributed by atoms with van der Waals surface area (Å²) in [4.78, 5) is 32.4. The molecule has 0 spiro atoms. The van der Waals surface area contributed by atoms with E-state index in [9.17, 15) is 27.5 Å². The van der Waals surface area contributed by atoms with Crippen molar-refractivity contribution in [3.05, 3.63) is 30.7 Å². The van der Waals surface area contributed by atoms with Crippen LogP contribution in [0.1, 0.15) is 6.42 Å². The van der Waals surface area contributed by atoms with Gasteiger partial charge in [0.25, 0.3) is 0 Å². The molecule has 3 N–H and O–H groups in total. The van der Waals surface area contributed by atoms with Gasteiger partial charge in [-0.2, -0.15) is 13.2 Å². The Balaban J connectivity index is 1.67. The molecule has 0 aliphatic carbocycles. The number of aromatic amines is 1. The van der Waals surface area contributed by atoms with E-state index in [0.717, 1.165) is 11.1 Å². The lowest BCUT2D eigenvalue weighted by molar-refractivity contribution is -0.139. The van der Waals surface area contributed by atoms with Crippen LogP contribution >= 0.6 is 0 Å². The predicted octanol–water partition coefficient (Wildman–Crippen LogP) is 1.17. The molecule has 0 bridgehead atoms. The number of rotatable bonds is 4. The summed E-state index contributed by atoms with van der Waals surface area (Å²) in [6.07, 6.45) is -0.474. The van der Waals surface area contributed by atoms with Gasteiger partial charge < -0.3 is 20.3 Å². The zero-order chi connectivity index (χ0) is 21.5. The molecule has 1 amide bonds. The second-order valence-corrected chi connectivity index (χ2v) is 6.74. The van der Waals surface area contributed by atoms with Gasteiger partial charge in [-0.15, -0.1) is 0 Å². The number of carbonyl (C=O) groups excluding carboxylic acids is 1. The van der Waals surface area contributed by atoms with E-state index in [4.69, 9.17) is 0 Å². The molecule has 9 nitrogen and oxygen atoms in total. The highest BCUT2D eigenvalue weighted by Gasteiger charge is 2.39. The maximum atomic E-state index is 14.5. The molecule has 1 fully saturated rings. The number of fused-ring (bicyclic) bond motifs is 1. The molecule has 0 radical (unpaired) electrons. The topological polar surface area (TPSA) is 120 Å². The standard InChI is InChI=1S/C17H15F4N7O2/c18-11-4-24-14(10-3-23-13-9(10)2-22-7-26-13)27-15(11)28-5-8(29)1-12(28)16(30)25-6-17(19,20)21/h2-4,7-8,12,29H,1,5-6H2,(H,25,30)(H,22,23,26)/t8-,12+/m0/s1. The van der Waals surface area contributed by atoms with Crippen molar-refractivity contribution < 1.29 is 27.5 Å². The number of anilines is 1. The minimum Gasteiger partial charge on any atom is -0.391 e. The largest absolute Gasteiger partial charge is 0.405 e. The maximum absolute atomic E-state index is 14.5. The van der Waals surface area contributed by atoms with Crippen molar-refractivity contribution in [2.75, 3.05) is 18.0 Å². The summed E-state index contributed by atoms with van der Waals surface area (Å²) in [7, 11) is 0. The molecule has 3 aromatic heterocycles. The van der Waals surface area contributed by atoms with Gasteiger partial charge in [0.2, 0.25) is 5.91 Å². The van der Waals surface area contributed by atoms with Crippen molar-refractivity contribution in [2.24, 2.45) is 0 Å². The second-order valence-electron chi connectivity index (χ2n) is 6.74. The van der Waals surface area contributed by atoms with Crippen LogP contribution in [0.15, 0.2) is 24.9 Å². The van der Waals surface area contributed by atoms with E-state index in [2.05, 4.69) is 24.9 Å². The van der Waals surface area contributed by atoms with Crippen LogP contribution in [-0.4, -0.2) is 67.3 Å². The van der Waals surface area contributed by atoms with E-state index in [-0.39, 0.29) is 24.6 Å². The number of aromatic nitrogens is 5. The van der Waals surface area contributed by atoms with Crippen molar-refractivity contribution in [3.63, 3.8) is 0 Å². The molecule has 158 valence electrons. The number of hydrogen-bond donors (Lipinski definition) is 3. The van der Waals surface area contributed by atoms with Crippen LogP contribution in [0.3, 0.4) is 0 Å². The first-order valence-corrected chi connectivity index (χ1v) is 8.82. The van der Waals surface area contributed by atoms with Crippen molar-refractivity contribution in [1.29, 1.82) is 0 Å². The second kappa shape index (κ2) is 7.48. The molecule has 3 aromatic rings. The Morgan fingerprint density at radius 3 is 2.90 bits per heavy atom. The van der Waals surface area contributed by atoms with E-state index < -0.39 is 36.6 Å². The molecule has 30 heavy (non-hydrogen) atoms. The maximum Gasteiger partial charge on any atom is 0.405 e. The molecule has 1 aliphatic rings. The number of carbonyl (C=O) groups is 1. The van der Waals surface area contributed by atoms with Crippen LogP contribution in [0.2, 0.25) is 0 Å². The predicted molar refractivity (Wildman–Crippen MR) is 95.7 cm³/mol. The summed E-state index contributed by atoms with van der Waals surface area (Å²) in [5.41, 5.74) is 0.986. The summed E-state index contributed by atoms with van der Waals surface area (Å²) in [6.45, 7) is -1.70. The van der Waals surface area contributed by atoms with Crippen molar-refractivity contribution in [2.45, 2.75) is 24.7 Å². The Bertz CT molecular complexity index is 1090. The van der Waals surface area contributed by atoms with Crippen LogP contribution in [0.5, 0.6) is 0 Å². The third-order valence-corrected chi connectivity index (χ3v) is 4.64. The van der Waals surface area contributed by atoms with Crippen LogP contribution in [-0.2, 0) is 4.79 Å². The van der Waals surface area contributed by atoms with Gasteiger partial charge >= 0.3 is 6.18 Å². The lowest BCUT2D eigenvalue weighted by Gasteiger charge is -2.25. The number of β-amino-alcohol motifs (C(OH)–C–C–N with tert-alkyl or cyclic N) is 1. The van der Waals surface area contributed by atoms with E-state index in [0.29, 0.717) is 16.6 Å². The highest BCUT2D eigenvalue weighted by Crippen LogP contribution is 2.30. The molecule has 4 rings (SSSR count).